The molecular weight excluding hydrogens is 278 g/mol. The number of nitrogens with zero attached hydrogens (tertiary/aromatic N) is 1. The van der Waals surface area contributed by atoms with Crippen LogP contribution in [-0.2, 0) is 16.6 Å². The van der Waals surface area contributed by atoms with Gasteiger partial charge in [0.25, 0.3) is 10.0 Å². The van der Waals surface area contributed by atoms with Crippen LogP contribution >= 0.6 is 0 Å². The minimum Gasteiger partial charge on any atom is -0.392 e. The fourth-order valence-electron chi connectivity index (χ4n) is 2.91. The molecule has 1 atom stereocenters. The Balaban J connectivity index is 2.19. The van der Waals surface area contributed by atoms with E-state index in [4.69, 9.17) is 0 Å². The molecule has 0 saturated heterocycles. The monoisotopic (exact) mass is 301 g/mol. The van der Waals surface area contributed by atoms with E-state index >= 15 is 0 Å². The number of nitrogens with one attached hydrogen (secondary N) is 2. The molecule has 0 radical (unpaired) electrons. The Hall–Kier alpha value is -0.920. The fourth-order valence-corrected chi connectivity index (χ4v) is 4.37. The van der Waals surface area contributed by atoms with Gasteiger partial charge < -0.3 is 5.11 Å². The molecular formula is C13H23N3O3S. The first-order valence-corrected chi connectivity index (χ1v) is 8.40. The van der Waals surface area contributed by atoms with E-state index in [1.54, 1.807) is 6.92 Å². The molecule has 1 aliphatic carbocycles. The van der Waals surface area contributed by atoms with Gasteiger partial charge in [0, 0.05) is 17.3 Å². The van der Waals surface area contributed by atoms with Crippen molar-refractivity contribution in [1.82, 2.24) is 14.9 Å². The highest BCUT2D eigenvalue weighted by Gasteiger charge is 2.32. The molecule has 1 unspecified atom stereocenters. The van der Waals surface area contributed by atoms with Crippen molar-refractivity contribution in [3.05, 3.63) is 11.3 Å². The van der Waals surface area contributed by atoms with Crippen LogP contribution in [0.15, 0.2) is 5.03 Å². The number of aliphatic hydroxyl groups is 1. The van der Waals surface area contributed by atoms with Crippen LogP contribution in [0.25, 0.3) is 0 Å². The maximum Gasteiger partial charge on any atom is 0.260 e. The number of aryl methyl sites for hydroxylation is 1. The van der Waals surface area contributed by atoms with Crippen molar-refractivity contribution in [1.29, 1.82) is 0 Å². The molecule has 1 aliphatic rings. The predicted molar refractivity (Wildman–Crippen MR) is 75.6 cm³/mol. The van der Waals surface area contributed by atoms with Gasteiger partial charge >= 0.3 is 0 Å². The van der Waals surface area contributed by atoms with E-state index in [1.807, 2.05) is 0 Å². The highest BCUT2D eigenvalue weighted by molar-refractivity contribution is 7.89. The molecule has 0 aliphatic heterocycles. The lowest BCUT2D eigenvalue weighted by atomic mass is 9.75. The molecule has 1 aromatic rings. The minimum absolute atomic E-state index is 0.0627. The summed E-state index contributed by atoms with van der Waals surface area (Å²) in [6.07, 6.45) is 3.81. The highest BCUT2D eigenvalue weighted by Crippen LogP contribution is 2.35. The number of H-pyrrole nitrogens is 1. The Labute approximate surface area is 120 Å². The van der Waals surface area contributed by atoms with Gasteiger partial charge in [0.1, 0.15) is 0 Å². The van der Waals surface area contributed by atoms with Gasteiger partial charge in [-0.3, -0.25) is 5.10 Å². The van der Waals surface area contributed by atoms with Gasteiger partial charge in [-0.15, -0.1) is 0 Å². The van der Waals surface area contributed by atoms with Gasteiger partial charge in [-0.05, 0) is 31.6 Å². The molecule has 114 valence electrons. The number of hydrogen-bond acceptors (Lipinski definition) is 4. The SMILES string of the molecule is Cc1[nH]nc(S(=O)(=O)NC2CCCC(C)(C)C2)c1CO. The molecule has 0 spiro atoms. The first-order chi connectivity index (χ1) is 9.25. The van der Waals surface area contributed by atoms with Crippen LogP contribution < -0.4 is 4.72 Å². The van der Waals surface area contributed by atoms with Crippen molar-refractivity contribution in [2.45, 2.75) is 64.1 Å². The van der Waals surface area contributed by atoms with Crippen LogP contribution in [0.3, 0.4) is 0 Å². The second kappa shape index (κ2) is 5.46. The van der Waals surface area contributed by atoms with Crippen LogP contribution in [0.1, 0.15) is 50.8 Å². The van der Waals surface area contributed by atoms with Crippen LogP contribution in [0.2, 0.25) is 0 Å². The predicted octanol–water partition coefficient (Wildman–Crippen LogP) is 1.46. The zero-order chi connectivity index (χ0) is 15.0. The van der Waals surface area contributed by atoms with Crippen molar-refractivity contribution >= 4 is 10.0 Å². The Bertz CT molecular complexity index is 578. The largest absolute Gasteiger partial charge is 0.392 e. The molecule has 7 heteroatoms. The molecule has 20 heavy (non-hydrogen) atoms. The first-order valence-electron chi connectivity index (χ1n) is 6.92. The lowest BCUT2D eigenvalue weighted by molar-refractivity contribution is 0.212. The number of rotatable bonds is 4. The number of aromatic amines is 1. The summed E-state index contributed by atoms with van der Waals surface area (Å²) in [7, 11) is -3.68. The molecule has 0 bridgehead atoms. The molecule has 1 fully saturated rings. The summed E-state index contributed by atoms with van der Waals surface area (Å²) >= 11 is 0. The van der Waals surface area contributed by atoms with Crippen molar-refractivity contribution in [3.8, 4) is 0 Å². The Morgan fingerprint density at radius 2 is 2.20 bits per heavy atom. The molecule has 1 heterocycles. The fraction of sp³-hybridized carbons (Fsp3) is 0.769. The summed E-state index contributed by atoms with van der Waals surface area (Å²) in [4.78, 5) is 0. The normalized spacial score (nSPS) is 22.9. The molecule has 3 N–H and O–H groups in total. The third-order valence-corrected chi connectivity index (χ3v) is 5.47. The smallest absolute Gasteiger partial charge is 0.260 e. The quantitative estimate of drug-likeness (QED) is 0.784. The summed E-state index contributed by atoms with van der Waals surface area (Å²) in [5.41, 5.74) is 1.08. The topological polar surface area (TPSA) is 95.1 Å². The summed E-state index contributed by atoms with van der Waals surface area (Å²) in [6.45, 7) is 5.67. The van der Waals surface area contributed by atoms with E-state index in [0.717, 1.165) is 25.7 Å². The standard InChI is InChI=1S/C13H23N3O3S/c1-9-11(8-17)12(15-14-9)20(18,19)16-10-5-4-6-13(2,3)7-10/h10,16-17H,4-8H2,1-3H3,(H,14,15). The van der Waals surface area contributed by atoms with Crippen LogP contribution in [0.4, 0.5) is 0 Å². The van der Waals surface area contributed by atoms with E-state index in [0.29, 0.717) is 11.3 Å². The second-order valence-electron chi connectivity index (χ2n) is 6.37. The molecule has 1 aromatic heterocycles. The Morgan fingerprint density at radius 1 is 1.50 bits per heavy atom. The Kier molecular flexibility index (Phi) is 4.22. The van der Waals surface area contributed by atoms with E-state index in [1.165, 1.54) is 0 Å². The molecule has 1 saturated carbocycles. The minimum atomic E-state index is -3.68. The molecule has 2 rings (SSSR count). The summed E-state index contributed by atoms with van der Waals surface area (Å²) in [6, 6.07) is -0.0627. The van der Waals surface area contributed by atoms with Gasteiger partial charge in [0.15, 0.2) is 5.03 Å². The summed E-state index contributed by atoms with van der Waals surface area (Å²) < 4.78 is 27.5. The second-order valence-corrected chi connectivity index (χ2v) is 8.00. The summed E-state index contributed by atoms with van der Waals surface area (Å²) in [5, 5.41) is 15.6. The third-order valence-electron chi connectivity index (χ3n) is 3.98. The molecule has 6 nitrogen and oxygen atoms in total. The number of hydrogen-bond donors (Lipinski definition) is 3. The van der Waals surface area contributed by atoms with E-state index in [-0.39, 0.29) is 23.1 Å². The zero-order valence-electron chi connectivity index (χ0n) is 12.2. The average molecular weight is 301 g/mol. The van der Waals surface area contributed by atoms with Gasteiger partial charge in [-0.2, -0.15) is 5.10 Å². The van der Waals surface area contributed by atoms with Gasteiger partial charge in [0.05, 0.1) is 6.61 Å². The van der Waals surface area contributed by atoms with Crippen LogP contribution in [0, 0.1) is 12.3 Å². The van der Waals surface area contributed by atoms with Crippen molar-refractivity contribution in [2.24, 2.45) is 5.41 Å². The lowest BCUT2D eigenvalue weighted by Crippen LogP contribution is -2.41. The van der Waals surface area contributed by atoms with Crippen LogP contribution in [-0.4, -0.2) is 29.8 Å². The lowest BCUT2D eigenvalue weighted by Gasteiger charge is -2.35. The van der Waals surface area contributed by atoms with E-state index in [9.17, 15) is 13.5 Å². The maximum atomic E-state index is 12.4. The molecule has 0 aromatic carbocycles. The zero-order valence-corrected chi connectivity index (χ0v) is 13.0. The third kappa shape index (κ3) is 3.21. The average Bonchev–Trinajstić information content (AvgIpc) is 2.69. The van der Waals surface area contributed by atoms with Crippen molar-refractivity contribution in [2.75, 3.05) is 0 Å². The van der Waals surface area contributed by atoms with Crippen LogP contribution in [0.5, 0.6) is 0 Å². The summed E-state index contributed by atoms with van der Waals surface area (Å²) in [5.74, 6) is 0. The Morgan fingerprint density at radius 3 is 2.80 bits per heavy atom. The van der Waals surface area contributed by atoms with Crippen molar-refractivity contribution in [3.63, 3.8) is 0 Å². The molecule has 0 amide bonds. The van der Waals surface area contributed by atoms with E-state index < -0.39 is 10.0 Å². The number of aliphatic hydroxyl groups excluding tert-OH is 1. The maximum absolute atomic E-state index is 12.4. The highest BCUT2D eigenvalue weighted by atomic mass is 32.2. The number of sulfonamides is 1. The van der Waals surface area contributed by atoms with Gasteiger partial charge in [0.2, 0.25) is 0 Å². The van der Waals surface area contributed by atoms with Gasteiger partial charge in [-0.1, -0.05) is 20.3 Å². The van der Waals surface area contributed by atoms with E-state index in [2.05, 4.69) is 28.8 Å². The van der Waals surface area contributed by atoms with Crippen molar-refractivity contribution < 1.29 is 13.5 Å². The first kappa shape index (κ1) is 15.5. The van der Waals surface area contributed by atoms with Gasteiger partial charge in [-0.25, -0.2) is 13.1 Å². The number of aromatic nitrogens is 2.